The molecule has 3 nitrogen and oxygen atoms in total. The largest absolute Gasteiger partial charge is 0.372 e. The van der Waals surface area contributed by atoms with Crippen molar-refractivity contribution in [3.63, 3.8) is 0 Å². The Morgan fingerprint density at radius 1 is 1.44 bits per heavy atom. The maximum atomic E-state index is 11.8. The molecular formula is C11H13BrN2OS. The van der Waals surface area contributed by atoms with E-state index in [1.54, 1.807) is 11.8 Å². The van der Waals surface area contributed by atoms with E-state index >= 15 is 0 Å². The van der Waals surface area contributed by atoms with Gasteiger partial charge in [-0.2, -0.15) is 11.8 Å². The van der Waals surface area contributed by atoms with Crippen LogP contribution >= 0.6 is 27.7 Å². The van der Waals surface area contributed by atoms with Crippen LogP contribution in [0.1, 0.15) is 6.42 Å². The first-order chi connectivity index (χ1) is 7.70. The SMILES string of the molecule is CSCCC1Nc2cc(Br)ccc2NC1=O. The number of benzene rings is 1. The Morgan fingerprint density at radius 3 is 3.00 bits per heavy atom. The van der Waals surface area contributed by atoms with E-state index in [0.717, 1.165) is 28.0 Å². The summed E-state index contributed by atoms with van der Waals surface area (Å²) in [5.74, 6) is 1.04. The number of rotatable bonds is 3. The van der Waals surface area contributed by atoms with Gasteiger partial charge in [0.05, 0.1) is 11.4 Å². The van der Waals surface area contributed by atoms with Gasteiger partial charge < -0.3 is 10.6 Å². The molecule has 2 rings (SSSR count). The highest BCUT2D eigenvalue weighted by Crippen LogP contribution is 2.30. The molecule has 5 heteroatoms. The van der Waals surface area contributed by atoms with Crippen molar-refractivity contribution < 1.29 is 4.79 Å². The fourth-order valence-electron chi connectivity index (χ4n) is 1.66. The maximum absolute atomic E-state index is 11.8. The van der Waals surface area contributed by atoms with E-state index in [1.807, 2.05) is 24.5 Å². The number of carbonyl (C=O) groups is 1. The zero-order valence-electron chi connectivity index (χ0n) is 8.92. The van der Waals surface area contributed by atoms with Gasteiger partial charge in [0.25, 0.3) is 0 Å². The molecule has 0 bridgehead atoms. The van der Waals surface area contributed by atoms with Crippen molar-refractivity contribution in [2.75, 3.05) is 22.6 Å². The Morgan fingerprint density at radius 2 is 2.25 bits per heavy atom. The molecule has 0 aromatic heterocycles. The minimum atomic E-state index is -0.116. The van der Waals surface area contributed by atoms with Crippen LogP contribution < -0.4 is 10.6 Å². The second-order valence-corrected chi connectivity index (χ2v) is 5.56. The van der Waals surface area contributed by atoms with E-state index in [-0.39, 0.29) is 11.9 Å². The smallest absolute Gasteiger partial charge is 0.246 e. The van der Waals surface area contributed by atoms with Crippen molar-refractivity contribution in [3.8, 4) is 0 Å². The van der Waals surface area contributed by atoms with Crippen molar-refractivity contribution >= 4 is 45.0 Å². The van der Waals surface area contributed by atoms with Crippen molar-refractivity contribution in [1.29, 1.82) is 0 Å². The first kappa shape index (κ1) is 11.8. The molecule has 1 amide bonds. The van der Waals surface area contributed by atoms with Gasteiger partial charge in [-0.1, -0.05) is 15.9 Å². The van der Waals surface area contributed by atoms with Crippen LogP contribution in [0.5, 0.6) is 0 Å². The summed E-state index contributed by atoms with van der Waals surface area (Å²) in [4.78, 5) is 11.8. The maximum Gasteiger partial charge on any atom is 0.246 e. The second-order valence-electron chi connectivity index (χ2n) is 3.66. The van der Waals surface area contributed by atoms with Crippen LogP contribution in [0.3, 0.4) is 0 Å². The van der Waals surface area contributed by atoms with Crippen LogP contribution in [0.4, 0.5) is 11.4 Å². The molecule has 16 heavy (non-hydrogen) atoms. The van der Waals surface area contributed by atoms with Crippen molar-refractivity contribution in [1.82, 2.24) is 0 Å². The Hall–Kier alpha value is -0.680. The number of anilines is 2. The van der Waals surface area contributed by atoms with Crippen LogP contribution in [0, 0.1) is 0 Å². The summed E-state index contributed by atoms with van der Waals surface area (Å²) in [6.45, 7) is 0. The monoisotopic (exact) mass is 300 g/mol. The lowest BCUT2D eigenvalue weighted by molar-refractivity contribution is -0.117. The van der Waals surface area contributed by atoms with Crippen LogP contribution in [-0.2, 0) is 4.79 Å². The first-order valence-electron chi connectivity index (χ1n) is 5.06. The Balaban J connectivity index is 2.16. The first-order valence-corrected chi connectivity index (χ1v) is 7.25. The van der Waals surface area contributed by atoms with Gasteiger partial charge in [0.2, 0.25) is 5.91 Å². The molecule has 0 fully saturated rings. The fraction of sp³-hybridized carbons (Fsp3) is 0.364. The van der Waals surface area contributed by atoms with E-state index in [2.05, 4.69) is 26.6 Å². The van der Waals surface area contributed by atoms with Gasteiger partial charge in [-0.15, -0.1) is 0 Å². The lowest BCUT2D eigenvalue weighted by Gasteiger charge is -2.26. The van der Waals surface area contributed by atoms with Gasteiger partial charge in [0, 0.05) is 4.47 Å². The Labute approximate surface area is 108 Å². The molecule has 2 N–H and O–H groups in total. The summed E-state index contributed by atoms with van der Waals surface area (Å²) < 4.78 is 1.01. The Bertz CT molecular complexity index is 411. The second kappa shape index (κ2) is 5.10. The average Bonchev–Trinajstić information content (AvgIpc) is 2.27. The normalized spacial score (nSPS) is 18.6. The number of amides is 1. The highest BCUT2D eigenvalue weighted by atomic mass is 79.9. The molecule has 1 aromatic carbocycles. The molecule has 0 saturated carbocycles. The molecule has 0 radical (unpaired) electrons. The number of carbonyl (C=O) groups excluding carboxylic acids is 1. The standard InChI is InChI=1S/C11H13BrN2OS/c1-16-5-4-9-11(15)14-8-3-2-7(12)6-10(8)13-9/h2-3,6,9,13H,4-5H2,1H3,(H,14,15). The summed E-state index contributed by atoms with van der Waals surface area (Å²) in [7, 11) is 0. The minimum Gasteiger partial charge on any atom is -0.372 e. The van der Waals surface area contributed by atoms with E-state index < -0.39 is 0 Å². The molecule has 1 aliphatic heterocycles. The van der Waals surface area contributed by atoms with Crippen LogP contribution in [0.15, 0.2) is 22.7 Å². The molecule has 0 saturated heterocycles. The molecule has 1 atom stereocenters. The van der Waals surface area contributed by atoms with Gasteiger partial charge in [-0.05, 0) is 36.6 Å². The van der Waals surface area contributed by atoms with Crippen molar-refractivity contribution in [3.05, 3.63) is 22.7 Å². The van der Waals surface area contributed by atoms with Crippen LogP contribution in [0.2, 0.25) is 0 Å². The fourth-order valence-corrected chi connectivity index (χ4v) is 2.49. The Kier molecular flexibility index (Phi) is 3.76. The molecule has 86 valence electrons. The lowest BCUT2D eigenvalue weighted by Crippen LogP contribution is -2.39. The molecular weight excluding hydrogens is 288 g/mol. The van der Waals surface area contributed by atoms with Crippen molar-refractivity contribution in [2.45, 2.75) is 12.5 Å². The summed E-state index contributed by atoms with van der Waals surface area (Å²) in [5, 5.41) is 6.18. The zero-order chi connectivity index (χ0) is 11.5. The van der Waals surface area contributed by atoms with E-state index in [1.165, 1.54) is 0 Å². The van der Waals surface area contributed by atoms with Crippen molar-refractivity contribution in [2.24, 2.45) is 0 Å². The number of fused-ring (bicyclic) bond motifs is 1. The van der Waals surface area contributed by atoms with E-state index in [0.29, 0.717) is 0 Å². The third-order valence-corrected chi connectivity index (χ3v) is 3.63. The van der Waals surface area contributed by atoms with Gasteiger partial charge in [0.15, 0.2) is 0 Å². The van der Waals surface area contributed by atoms with Gasteiger partial charge in [-0.3, -0.25) is 4.79 Å². The zero-order valence-corrected chi connectivity index (χ0v) is 11.3. The third kappa shape index (κ3) is 2.52. The molecule has 0 aliphatic carbocycles. The lowest BCUT2D eigenvalue weighted by atomic mass is 10.1. The number of hydrogen-bond acceptors (Lipinski definition) is 3. The highest BCUT2D eigenvalue weighted by Gasteiger charge is 2.24. The molecule has 1 heterocycles. The number of thioether (sulfide) groups is 1. The third-order valence-electron chi connectivity index (χ3n) is 2.50. The number of halogens is 1. The minimum absolute atomic E-state index is 0.0591. The summed E-state index contributed by atoms with van der Waals surface area (Å²) in [5.41, 5.74) is 1.84. The highest BCUT2D eigenvalue weighted by molar-refractivity contribution is 9.10. The topological polar surface area (TPSA) is 41.1 Å². The van der Waals surface area contributed by atoms with Crippen LogP contribution in [-0.4, -0.2) is 24.0 Å². The van der Waals surface area contributed by atoms with E-state index in [9.17, 15) is 4.79 Å². The molecule has 0 spiro atoms. The van der Waals surface area contributed by atoms with E-state index in [4.69, 9.17) is 0 Å². The number of hydrogen-bond donors (Lipinski definition) is 2. The quantitative estimate of drug-likeness (QED) is 0.902. The average molecular weight is 301 g/mol. The molecule has 1 aliphatic rings. The predicted octanol–water partition coefficient (Wildman–Crippen LogP) is 2.93. The molecule has 1 aromatic rings. The van der Waals surface area contributed by atoms with Gasteiger partial charge >= 0.3 is 0 Å². The van der Waals surface area contributed by atoms with Gasteiger partial charge in [-0.25, -0.2) is 0 Å². The molecule has 1 unspecified atom stereocenters. The summed E-state index contributed by atoms with van der Waals surface area (Å²) in [6.07, 6.45) is 2.89. The van der Waals surface area contributed by atoms with Crippen LogP contribution in [0.25, 0.3) is 0 Å². The number of nitrogens with one attached hydrogen (secondary N) is 2. The summed E-state index contributed by atoms with van der Waals surface area (Å²) >= 11 is 5.17. The van der Waals surface area contributed by atoms with Gasteiger partial charge in [0.1, 0.15) is 6.04 Å². The predicted molar refractivity (Wildman–Crippen MR) is 73.2 cm³/mol. The summed E-state index contributed by atoms with van der Waals surface area (Å²) in [6, 6.07) is 5.69.